The lowest BCUT2D eigenvalue weighted by Crippen LogP contribution is -2.31. The first-order valence-corrected chi connectivity index (χ1v) is 9.50. The second-order valence-electron chi connectivity index (χ2n) is 10.5. The van der Waals surface area contributed by atoms with Crippen LogP contribution in [-0.2, 0) is 0 Å². The number of hydrogen-bond donors (Lipinski definition) is 0. The van der Waals surface area contributed by atoms with Crippen molar-refractivity contribution >= 4 is 0 Å². The molecule has 2 fully saturated rings. The molecular formula is C20H39FN2. The van der Waals surface area contributed by atoms with Crippen LogP contribution in [0.4, 0.5) is 4.39 Å². The fourth-order valence-corrected chi connectivity index (χ4v) is 5.04. The first-order valence-electron chi connectivity index (χ1n) is 9.50. The summed E-state index contributed by atoms with van der Waals surface area (Å²) in [4.78, 5) is 4.81. The van der Waals surface area contributed by atoms with Gasteiger partial charge in [-0.15, -0.1) is 0 Å². The lowest BCUT2D eigenvalue weighted by Gasteiger charge is -2.33. The van der Waals surface area contributed by atoms with Gasteiger partial charge in [-0.3, -0.25) is 0 Å². The number of rotatable bonds is 5. The topological polar surface area (TPSA) is 6.48 Å². The molecule has 0 aromatic heterocycles. The second kappa shape index (κ2) is 7.00. The predicted molar refractivity (Wildman–Crippen MR) is 97.5 cm³/mol. The lowest BCUT2D eigenvalue weighted by molar-refractivity contribution is 0.176. The standard InChI is InChI=1S/C20H39FN2/c1-19(2,3)11-17-8-15(13-22(17)6)10-20(4,5)12-18-9-16(21)14-23(18)7/h15-18H,8-14H2,1-7H3/t15?,16-,17+,18+/m1/s1. The van der Waals surface area contributed by atoms with Gasteiger partial charge in [0.25, 0.3) is 0 Å². The number of alkyl halides is 1. The molecule has 0 aromatic carbocycles. The maximum absolute atomic E-state index is 13.6. The van der Waals surface area contributed by atoms with E-state index in [1.807, 2.05) is 0 Å². The second-order valence-corrected chi connectivity index (χ2v) is 10.5. The molecule has 0 N–H and O–H groups in total. The molecule has 0 bridgehead atoms. The normalized spacial score (nSPS) is 34.4. The molecule has 2 heterocycles. The predicted octanol–water partition coefficient (Wildman–Crippen LogP) is 4.59. The molecule has 2 saturated heterocycles. The van der Waals surface area contributed by atoms with Crippen molar-refractivity contribution in [3.63, 3.8) is 0 Å². The SMILES string of the molecule is CN1CC(CC(C)(C)C[C@@H]2C[C@@H](F)CN2C)C[C@H]1CC(C)(C)C. The molecule has 136 valence electrons. The molecule has 0 aromatic rings. The van der Waals surface area contributed by atoms with Gasteiger partial charge in [-0.1, -0.05) is 34.6 Å². The van der Waals surface area contributed by atoms with E-state index in [0.29, 0.717) is 23.4 Å². The van der Waals surface area contributed by atoms with Crippen molar-refractivity contribution in [3.8, 4) is 0 Å². The third-order valence-corrected chi connectivity index (χ3v) is 5.89. The molecule has 2 aliphatic heterocycles. The molecule has 4 atom stereocenters. The highest BCUT2D eigenvalue weighted by atomic mass is 19.1. The number of nitrogens with zero attached hydrogens (tertiary/aromatic N) is 2. The summed E-state index contributed by atoms with van der Waals surface area (Å²) >= 11 is 0. The van der Waals surface area contributed by atoms with E-state index in [1.54, 1.807) is 0 Å². The van der Waals surface area contributed by atoms with Gasteiger partial charge in [0.15, 0.2) is 0 Å². The van der Waals surface area contributed by atoms with Crippen molar-refractivity contribution in [2.45, 2.75) is 85.0 Å². The van der Waals surface area contributed by atoms with Crippen molar-refractivity contribution in [2.75, 3.05) is 27.2 Å². The van der Waals surface area contributed by atoms with Crippen LogP contribution in [0.1, 0.15) is 66.7 Å². The average molecular weight is 327 g/mol. The van der Waals surface area contributed by atoms with E-state index in [0.717, 1.165) is 24.8 Å². The highest BCUT2D eigenvalue weighted by Crippen LogP contribution is 2.40. The number of halogens is 1. The van der Waals surface area contributed by atoms with Gasteiger partial charge in [0.05, 0.1) is 0 Å². The van der Waals surface area contributed by atoms with Gasteiger partial charge in [0, 0.05) is 25.2 Å². The van der Waals surface area contributed by atoms with Crippen molar-refractivity contribution in [2.24, 2.45) is 16.7 Å². The Morgan fingerprint density at radius 2 is 1.39 bits per heavy atom. The van der Waals surface area contributed by atoms with Crippen LogP contribution in [0, 0.1) is 16.7 Å². The Kier molecular flexibility index (Phi) is 5.83. The zero-order valence-corrected chi connectivity index (χ0v) is 16.5. The first-order chi connectivity index (χ1) is 10.5. The monoisotopic (exact) mass is 326 g/mol. The Bertz CT molecular complexity index is 388. The van der Waals surface area contributed by atoms with E-state index in [9.17, 15) is 4.39 Å². The van der Waals surface area contributed by atoms with Crippen LogP contribution in [0.3, 0.4) is 0 Å². The third-order valence-electron chi connectivity index (χ3n) is 5.89. The minimum atomic E-state index is -0.616. The third kappa shape index (κ3) is 5.70. The maximum Gasteiger partial charge on any atom is 0.114 e. The van der Waals surface area contributed by atoms with Gasteiger partial charge >= 0.3 is 0 Å². The molecule has 0 saturated carbocycles. The number of hydrogen-bond acceptors (Lipinski definition) is 2. The molecule has 2 nitrogen and oxygen atoms in total. The number of likely N-dealkylation sites (tertiary alicyclic amines) is 2. The molecule has 23 heavy (non-hydrogen) atoms. The van der Waals surface area contributed by atoms with Crippen molar-refractivity contribution in [1.29, 1.82) is 0 Å². The van der Waals surface area contributed by atoms with E-state index in [4.69, 9.17) is 0 Å². The molecule has 0 radical (unpaired) electrons. The minimum absolute atomic E-state index is 0.311. The van der Waals surface area contributed by atoms with E-state index in [-0.39, 0.29) is 0 Å². The molecular weight excluding hydrogens is 287 g/mol. The van der Waals surface area contributed by atoms with Gasteiger partial charge in [-0.2, -0.15) is 0 Å². The van der Waals surface area contributed by atoms with Gasteiger partial charge in [0.2, 0.25) is 0 Å². The summed E-state index contributed by atoms with van der Waals surface area (Å²) in [6.45, 7) is 13.7. The van der Waals surface area contributed by atoms with Gasteiger partial charge in [-0.25, -0.2) is 4.39 Å². The molecule has 3 heteroatoms. The highest BCUT2D eigenvalue weighted by molar-refractivity contribution is 4.92. The van der Waals surface area contributed by atoms with Crippen LogP contribution >= 0.6 is 0 Å². The molecule has 0 amide bonds. The first kappa shape index (κ1) is 19.2. The highest BCUT2D eigenvalue weighted by Gasteiger charge is 2.38. The zero-order chi connectivity index (χ0) is 17.4. The van der Waals surface area contributed by atoms with Gasteiger partial charge in [-0.05, 0) is 62.9 Å². The summed E-state index contributed by atoms with van der Waals surface area (Å²) in [5.41, 5.74) is 0.719. The average Bonchev–Trinajstić information content (AvgIpc) is 2.79. The van der Waals surface area contributed by atoms with Crippen molar-refractivity contribution in [3.05, 3.63) is 0 Å². The Labute approximate surface area is 143 Å². The summed E-state index contributed by atoms with van der Waals surface area (Å²) in [7, 11) is 4.38. The van der Waals surface area contributed by atoms with Crippen LogP contribution < -0.4 is 0 Å². The van der Waals surface area contributed by atoms with Crippen LogP contribution in [-0.4, -0.2) is 55.2 Å². The summed E-state index contributed by atoms with van der Waals surface area (Å²) in [5.74, 6) is 0.801. The summed E-state index contributed by atoms with van der Waals surface area (Å²) in [6, 6.07) is 1.17. The Morgan fingerprint density at radius 1 is 0.826 bits per heavy atom. The van der Waals surface area contributed by atoms with E-state index < -0.39 is 6.17 Å². The Morgan fingerprint density at radius 3 is 1.91 bits per heavy atom. The quantitative estimate of drug-likeness (QED) is 0.729. The van der Waals surface area contributed by atoms with Gasteiger partial charge in [0.1, 0.15) is 6.17 Å². The summed E-state index contributed by atoms with van der Waals surface area (Å²) in [6.07, 6.45) is 5.15. The zero-order valence-electron chi connectivity index (χ0n) is 16.5. The van der Waals surface area contributed by atoms with Crippen molar-refractivity contribution < 1.29 is 4.39 Å². The summed E-state index contributed by atoms with van der Waals surface area (Å²) in [5, 5.41) is 0. The van der Waals surface area contributed by atoms with Crippen LogP contribution in [0.5, 0.6) is 0 Å². The molecule has 0 spiro atoms. The Balaban J connectivity index is 1.86. The molecule has 2 aliphatic rings. The minimum Gasteiger partial charge on any atom is -0.303 e. The van der Waals surface area contributed by atoms with Crippen molar-refractivity contribution in [1.82, 2.24) is 9.80 Å². The smallest absolute Gasteiger partial charge is 0.114 e. The fourth-order valence-electron chi connectivity index (χ4n) is 5.04. The van der Waals surface area contributed by atoms with Crippen LogP contribution in [0.2, 0.25) is 0 Å². The maximum atomic E-state index is 13.6. The summed E-state index contributed by atoms with van der Waals surface area (Å²) < 4.78 is 13.6. The Hall–Kier alpha value is -0.150. The largest absolute Gasteiger partial charge is 0.303 e. The van der Waals surface area contributed by atoms with Crippen LogP contribution in [0.25, 0.3) is 0 Å². The fraction of sp³-hybridized carbons (Fsp3) is 1.00. The van der Waals surface area contributed by atoms with E-state index in [2.05, 4.69) is 58.5 Å². The molecule has 2 rings (SSSR count). The lowest BCUT2D eigenvalue weighted by atomic mass is 9.76. The van der Waals surface area contributed by atoms with Crippen LogP contribution in [0.15, 0.2) is 0 Å². The van der Waals surface area contributed by atoms with E-state index >= 15 is 0 Å². The van der Waals surface area contributed by atoms with E-state index in [1.165, 1.54) is 25.8 Å². The molecule has 0 aliphatic carbocycles. The van der Waals surface area contributed by atoms with Gasteiger partial charge < -0.3 is 9.80 Å². The molecule has 1 unspecified atom stereocenters.